The van der Waals surface area contributed by atoms with Crippen molar-refractivity contribution in [1.29, 1.82) is 0 Å². The van der Waals surface area contributed by atoms with Crippen LogP contribution in [0.4, 0.5) is 0 Å². The molecule has 0 bridgehead atoms. The molecule has 0 spiro atoms. The van der Waals surface area contributed by atoms with E-state index in [1.54, 1.807) is 27.1 Å². The summed E-state index contributed by atoms with van der Waals surface area (Å²) in [6.07, 6.45) is 3.58. The lowest BCUT2D eigenvalue weighted by molar-refractivity contribution is 1.10. The molecule has 8 heteroatoms. The van der Waals surface area contributed by atoms with Crippen molar-refractivity contribution in [3.05, 3.63) is 70.4 Å². The minimum atomic E-state index is -2.37. The van der Waals surface area contributed by atoms with E-state index in [2.05, 4.69) is 166 Å². The molecule has 246 valence electrons. The minimum absolute atomic E-state index is 0.709. The molecule has 0 amide bonds. The average Bonchev–Trinajstić information content (AvgIpc) is 2.73. The Morgan fingerprint density at radius 3 is 1.27 bits per heavy atom. The molecule has 1 aliphatic rings. The molecule has 2 aromatic rings. The van der Waals surface area contributed by atoms with E-state index in [1.807, 2.05) is 0 Å². The van der Waals surface area contributed by atoms with E-state index in [0.29, 0.717) is 10.3 Å². The first-order valence-electron chi connectivity index (χ1n) is 17.2. The monoisotopic (exact) mass is 774 g/mol. The van der Waals surface area contributed by atoms with Gasteiger partial charge in [-0.3, -0.25) is 0 Å². The first-order chi connectivity index (χ1) is 19.5. The van der Waals surface area contributed by atoms with Crippen molar-refractivity contribution >= 4 is 80.8 Å². The van der Waals surface area contributed by atoms with E-state index < -0.39 is 55.1 Å². The van der Waals surface area contributed by atoms with Gasteiger partial charge in [-0.25, -0.2) is 0 Å². The maximum absolute atomic E-state index is 4.78. The molecule has 3 rings (SSSR count). The summed E-state index contributed by atoms with van der Waals surface area (Å²) in [5.41, 5.74) is 9.56. The van der Waals surface area contributed by atoms with Crippen molar-refractivity contribution in [2.24, 2.45) is 0 Å². The zero-order valence-corrected chi connectivity index (χ0v) is 40.5. The lowest BCUT2D eigenvalue weighted by Crippen LogP contribution is -2.62. The third-order valence-corrected chi connectivity index (χ3v) is 44.3. The van der Waals surface area contributed by atoms with Gasteiger partial charge in [0.1, 0.15) is 0 Å². The van der Waals surface area contributed by atoms with Gasteiger partial charge in [0.05, 0.1) is 0 Å². The fraction of sp³-hybridized carbons (Fsp3) is 0.611. The van der Waals surface area contributed by atoms with E-state index in [4.69, 9.17) is 15.3 Å². The molecule has 1 heterocycles. The fourth-order valence-electron chi connectivity index (χ4n) is 10.2. The van der Waals surface area contributed by atoms with E-state index in [0.717, 1.165) is 11.6 Å². The second-order valence-electron chi connectivity index (χ2n) is 20.5. The van der Waals surface area contributed by atoms with Gasteiger partial charge in [0.2, 0.25) is 6.69 Å². The van der Waals surface area contributed by atoms with E-state index >= 15 is 0 Å². The van der Waals surface area contributed by atoms with Crippen molar-refractivity contribution in [1.82, 2.24) is 0 Å². The van der Waals surface area contributed by atoms with Crippen LogP contribution in [0.25, 0.3) is 0 Å². The number of allylic oxidation sites excluding steroid dienone is 1. The molecule has 0 saturated carbocycles. The second kappa shape index (κ2) is 12.6. The maximum atomic E-state index is 4.78. The quantitative estimate of drug-likeness (QED) is 0.167. The number of rotatable bonds is 10. The summed E-state index contributed by atoms with van der Waals surface area (Å²) < 4.78 is 0. The van der Waals surface area contributed by atoms with Crippen LogP contribution >= 0.6 is 15.3 Å². The van der Waals surface area contributed by atoms with Gasteiger partial charge in [-0.1, -0.05) is 166 Å². The summed E-state index contributed by atoms with van der Waals surface area (Å²) in [4.78, 5) is 0. The smallest absolute Gasteiger partial charge is 0.108 e. The second-order valence-corrected chi connectivity index (χ2v) is 60.7. The summed E-state index contributed by atoms with van der Waals surface area (Å²) in [5.74, 6) is 0. The zero-order valence-electron chi connectivity index (χ0n) is 31.9. The molecule has 0 aromatic heterocycles. The third kappa shape index (κ3) is 8.06. The minimum Gasteiger partial charge on any atom is -0.108 e. The molecule has 0 radical (unpaired) electrons. The van der Waals surface area contributed by atoms with Crippen LogP contribution in [0.1, 0.15) is 37.7 Å². The molecule has 1 atom stereocenters. The lowest BCUT2D eigenvalue weighted by Gasteiger charge is -2.48. The highest BCUT2D eigenvalue weighted by molar-refractivity contribution is 9.27. The van der Waals surface area contributed by atoms with Crippen LogP contribution in [0, 0.1) is 0 Å². The number of hydrogen-bond acceptors (Lipinski definition) is 0. The van der Waals surface area contributed by atoms with E-state index in [1.165, 1.54) is 5.56 Å². The Hall–Kier alpha value is 0.178. The molecule has 1 aliphatic heterocycles. The molecule has 0 aliphatic carbocycles. The molecule has 0 N–H and O–H groups in total. The number of benzene rings is 2. The normalized spacial score (nSPS) is 18.9. The van der Waals surface area contributed by atoms with Crippen LogP contribution in [-0.4, -0.2) is 55.1 Å². The van der Waals surface area contributed by atoms with Gasteiger partial charge in [-0.15, -0.1) is 15.3 Å². The lowest BCUT2D eigenvalue weighted by atomic mass is 10.1. The van der Waals surface area contributed by atoms with Gasteiger partial charge >= 0.3 is 0 Å². The third-order valence-electron chi connectivity index (χ3n) is 9.83. The highest BCUT2D eigenvalue weighted by atomic mass is 79.9. The molecule has 2 aromatic carbocycles. The Labute approximate surface area is 289 Å². The molecule has 0 saturated heterocycles. The maximum Gasteiger partial charge on any atom is 0.214 e. The average molecular weight is 776 g/mol. The van der Waals surface area contributed by atoms with Crippen LogP contribution in [0.3, 0.4) is 0 Å². The molecule has 0 fully saturated rings. The van der Waals surface area contributed by atoms with Crippen LogP contribution in [0.2, 0.25) is 118 Å². The Bertz CT molecular complexity index is 1280. The van der Waals surface area contributed by atoms with E-state index in [9.17, 15) is 0 Å². The topological polar surface area (TPSA) is 0 Å². The number of fused-ring (bicyclic) bond motifs is 1. The highest BCUT2D eigenvalue weighted by Gasteiger charge is 2.50. The highest BCUT2D eigenvalue weighted by Crippen LogP contribution is 2.45. The van der Waals surface area contributed by atoms with Crippen LogP contribution < -0.4 is 10.4 Å². The van der Waals surface area contributed by atoms with E-state index in [-0.39, 0.29) is 0 Å². The van der Waals surface area contributed by atoms with Gasteiger partial charge in [0.25, 0.3) is 0 Å². The van der Waals surface area contributed by atoms with Crippen LogP contribution in [-0.2, 0) is 6.42 Å². The first-order valence-corrected chi connectivity index (χ1v) is 43.0. The summed E-state index contributed by atoms with van der Waals surface area (Å²) in [5, 5.41) is 5.57. The van der Waals surface area contributed by atoms with Gasteiger partial charge < -0.3 is 0 Å². The fourth-order valence-corrected chi connectivity index (χ4v) is 55.4. The molecule has 0 nitrogen and oxygen atoms in total. The molecule has 44 heavy (non-hydrogen) atoms. The zero-order chi connectivity index (χ0) is 34.1. The number of halogens is 1. The largest absolute Gasteiger partial charge is 0.214 e. The summed E-state index contributed by atoms with van der Waals surface area (Å²) in [7, 11) is -9.39. The van der Waals surface area contributed by atoms with Crippen LogP contribution in [0.5, 0.6) is 0 Å². The van der Waals surface area contributed by atoms with Gasteiger partial charge in [-0.05, 0) is 54.5 Å². The van der Waals surface area contributed by atoms with Gasteiger partial charge in [-0.2, -0.15) is 0 Å². The Kier molecular flexibility index (Phi) is 11.0. The Morgan fingerprint density at radius 2 is 0.909 bits per heavy atom. The molecular weight excluding hydrogens is 709 g/mol. The van der Waals surface area contributed by atoms with Crippen molar-refractivity contribution in [3.63, 3.8) is 0 Å². The van der Waals surface area contributed by atoms with Gasteiger partial charge in [0, 0.05) is 48.4 Å². The predicted octanol–water partition coefficient (Wildman–Crippen LogP) is 11.3. The SMILES string of the molecule is C[Si](C)(C)C(c1cc(C([Si](C)(C)C)[Si](C)(C)C)c([Si]2(Br)C=CCc3ccccc32)c(C([Si](C)(C)C)[Si](C)(C)C)c1)[Si](C)(C)C. The van der Waals surface area contributed by atoms with Crippen molar-refractivity contribution in [3.8, 4) is 0 Å². The summed E-state index contributed by atoms with van der Waals surface area (Å²) in [6, 6.07) is 15.2. The summed E-state index contributed by atoms with van der Waals surface area (Å²) in [6.45, 7) is 45.8. The Morgan fingerprint density at radius 1 is 0.545 bits per heavy atom. The molecular formula is C36H67BrSi7. The summed E-state index contributed by atoms with van der Waals surface area (Å²) >= 11 is 4.78. The first kappa shape index (κ1) is 38.6. The van der Waals surface area contributed by atoms with Crippen molar-refractivity contribution in [2.75, 3.05) is 0 Å². The van der Waals surface area contributed by atoms with Crippen LogP contribution in [0.15, 0.2) is 48.2 Å². The Balaban J connectivity index is 2.77. The standard InChI is InChI=1S/C36H67BrSi7/c1-38(2,3)34(39(4,5)6)29-26-30(35(40(7,8)9)41(10,11)12)33(31(27-29)36(42(13,14)15)43(16,17)18)44(37)25-21-23-28-22-19-20-24-32(28)44/h19-22,24-27,34-36H,23H2,1-18H3. The van der Waals surface area contributed by atoms with Crippen molar-refractivity contribution < 1.29 is 0 Å². The van der Waals surface area contributed by atoms with Crippen molar-refractivity contribution in [2.45, 2.75) is 140 Å². The number of hydrogen-bond donors (Lipinski definition) is 0. The van der Waals surface area contributed by atoms with Gasteiger partial charge in [0.15, 0.2) is 0 Å². The predicted molar refractivity (Wildman–Crippen MR) is 228 cm³/mol. The molecule has 1 unspecified atom stereocenters.